The molecule has 2 N–H and O–H groups in total. The molecule has 20 heavy (non-hydrogen) atoms. The average Bonchev–Trinajstić information content (AvgIpc) is 2.48. The minimum absolute atomic E-state index is 0.133. The second-order valence-corrected chi connectivity index (χ2v) is 5.50. The zero-order valence-corrected chi connectivity index (χ0v) is 12.8. The molecule has 1 aromatic carbocycles. The third-order valence-corrected chi connectivity index (χ3v) is 3.95. The summed E-state index contributed by atoms with van der Waals surface area (Å²) in [5, 5.41) is 0.605. The van der Waals surface area contributed by atoms with Gasteiger partial charge in [0.05, 0.1) is 13.2 Å². The summed E-state index contributed by atoms with van der Waals surface area (Å²) in [5.41, 5.74) is 6.65. The van der Waals surface area contributed by atoms with Crippen molar-refractivity contribution in [2.24, 2.45) is 5.73 Å². The molecule has 4 nitrogen and oxygen atoms in total. The number of halogens is 1. The van der Waals surface area contributed by atoms with Crippen molar-refractivity contribution in [2.45, 2.75) is 44.4 Å². The summed E-state index contributed by atoms with van der Waals surface area (Å²) < 4.78 is 16.9. The first-order valence-corrected chi connectivity index (χ1v) is 7.31. The molecule has 0 aliphatic heterocycles. The molecule has 1 aliphatic carbocycles. The van der Waals surface area contributed by atoms with Crippen LogP contribution in [-0.2, 0) is 11.3 Å². The van der Waals surface area contributed by atoms with Gasteiger partial charge in [-0.3, -0.25) is 0 Å². The monoisotopic (exact) mass is 299 g/mol. The molecule has 1 aliphatic rings. The molecular formula is C15H22ClNO3. The van der Waals surface area contributed by atoms with Gasteiger partial charge in [0, 0.05) is 36.7 Å². The van der Waals surface area contributed by atoms with Gasteiger partial charge in [0.2, 0.25) is 0 Å². The molecule has 0 bridgehead atoms. The van der Waals surface area contributed by atoms with Crippen LogP contribution in [0, 0.1) is 0 Å². The molecule has 2 atom stereocenters. The van der Waals surface area contributed by atoms with Crippen molar-refractivity contribution in [3.63, 3.8) is 0 Å². The molecule has 0 amide bonds. The van der Waals surface area contributed by atoms with E-state index in [-0.39, 0.29) is 12.2 Å². The number of methoxy groups -OCH3 is 2. The maximum Gasteiger partial charge on any atom is 0.166 e. The van der Waals surface area contributed by atoms with Crippen LogP contribution in [0.5, 0.6) is 11.5 Å². The summed E-state index contributed by atoms with van der Waals surface area (Å²) in [6, 6.07) is 3.59. The van der Waals surface area contributed by atoms with Crippen molar-refractivity contribution in [2.75, 3.05) is 14.2 Å². The number of ether oxygens (including phenoxy) is 3. The normalized spacial score (nSPS) is 22.6. The summed E-state index contributed by atoms with van der Waals surface area (Å²) in [6.45, 7) is 0.368. The molecule has 0 saturated heterocycles. The van der Waals surface area contributed by atoms with Crippen LogP contribution in [0.1, 0.15) is 31.2 Å². The van der Waals surface area contributed by atoms with Crippen LogP contribution >= 0.6 is 11.6 Å². The molecule has 2 rings (SSSR count). The van der Waals surface area contributed by atoms with Crippen LogP contribution in [0.3, 0.4) is 0 Å². The minimum atomic E-state index is 0.133. The Morgan fingerprint density at radius 2 is 2.00 bits per heavy atom. The first-order valence-electron chi connectivity index (χ1n) is 6.93. The molecular weight excluding hydrogens is 278 g/mol. The molecule has 0 spiro atoms. The highest BCUT2D eigenvalue weighted by Crippen LogP contribution is 2.37. The van der Waals surface area contributed by atoms with Gasteiger partial charge < -0.3 is 19.9 Å². The Bertz CT molecular complexity index is 428. The smallest absolute Gasteiger partial charge is 0.166 e. The Morgan fingerprint density at radius 1 is 1.25 bits per heavy atom. The number of nitrogens with two attached hydrogens (primary N) is 1. The molecule has 1 fully saturated rings. The third kappa shape index (κ3) is 3.57. The van der Waals surface area contributed by atoms with Crippen molar-refractivity contribution in [1.82, 2.24) is 0 Å². The Kier molecular flexibility index (Phi) is 5.52. The van der Waals surface area contributed by atoms with E-state index < -0.39 is 0 Å². The van der Waals surface area contributed by atoms with Gasteiger partial charge in [0.15, 0.2) is 11.5 Å². The summed E-state index contributed by atoms with van der Waals surface area (Å²) in [7, 11) is 3.36. The SMILES string of the molecule is COc1cc(Cl)cc(CN)c1OC1CCCC(OC)C1. The summed E-state index contributed by atoms with van der Waals surface area (Å²) in [5.74, 6) is 1.35. The number of benzene rings is 1. The molecule has 0 radical (unpaired) electrons. The van der Waals surface area contributed by atoms with Crippen molar-refractivity contribution < 1.29 is 14.2 Å². The van der Waals surface area contributed by atoms with E-state index in [1.165, 1.54) is 0 Å². The van der Waals surface area contributed by atoms with Gasteiger partial charge in [0.25, 0.3) is 0 Å². The summed E-state index contributed by atoms with van der Waals surface area (Å²) in [4.78, 5) is 0. The van der Waals surface area contributed by atoms with Crippen LogP contribution in [-0.4, -0.2) is 26.4 Å². The fourth-order valence-electron chi connectivity index (χ4n) is 2.65. The molecule has 5 heteroatoms. The molecule has 112 valence electrons. The van der Waals surface area contributed by atoms with E-state index in [2.05, 4.69) is 0 Å². The Balaban J connectivity index is 2.19. The van der Waals surface area contributed by atoms with Crippen molar-refractivity contribution >= 4 is 11.6 Å². The maximum atomic E-state index is 6.14. The molecule has 0 heterocycles. The Hall–Kier alpha value is -0.970. The van der Waals surface area contributed by atoms with Gasteiger partial charge >= 0.3 is 0 Å². The zero-order chi connectivity index (χ0) is 14.5. The van der Waals surface area contributed by atoms with Gasteiger partial charge in [-0.25, -0.2) is 0 Å². The standard InChI is InChI=1S/C15H22ClNO3/c1-18-12-4-3-5-13(8-12)20-15-10(9-17)6-11(16)7-14(15)19-2/h6-7,12-13H,3-5,8-9,17H2,1-2H3. The molecule has 1 aromatic rings. The summed E-state index contributed by atoms with van der Waals surface area (Å²) in [6.07, 6.45) is 4.53. The second-order valence-electron chi connectivity index (χ2n) is 5.06. The number of hydrogen-bond donors (Lipinski definition) is 1. The summed E-state index contributed by atoms with van der Waals surface area (Å²) >= 11 is 6.06. The fourth-order valence-corrected chi connectivity index (χ4v) is 2.88. The largest absolute Gasteiger partial charge is 0.493 e. The predicted molar refractivity (Wildman–Crippen MR) is 79.6 cm³/mol. The van der Waals surface area contributed by atoms with Crippen molar-refractivity contribution in [1.29, 1.82) is 0 Å². The lowest BCUT2D eigenvalue weighted by atomic mass is 9.95. The number of rotatable bonds is 5. The lowest BCUT2D eigenvalue weighted by Gasteiger charge is -2.29. The highest BCUT2D eigenvalue weighted by Gasteiger charge is 2.25. The van der Waals surface area contributed by atoms with E-state index >= 15 is 0 Å². The quantitative estimate of drug-likeness (QED) is 0.907. The topological polar surface area (TPSA) is 53.7 Å². The van der Waals surface area contributed by atoms with E-state index in [1.54, 1.807) is 20.3 Å². The Morgan fingerprint density at radius 3 is 2.65 bits per heavy atom. The lowest BCUT2D eigenvalue weighted by Crippen LogP contribution is -2.30. The van der Waals surface area contributed by atoms with Crippen molar-refractivity contribution in [3.8, 4) is 11.5 Å². The van der Waals surface area contributed by atoms with Gasteiger partial charge in [-0.2, -0.15) is 0 Å². The van der Waals surface area contributed by atoms with E-state index in [4.69, 9.17) is 31.5 Å². The first-order chi connectivity index (χ1) is 9.67. The van der Waals surface area contributed by atoms with Gasteiger partial charge in [-0.05, 0) is 25.3 Å². The van der Waals surface area contributed by atoms with Crippen LogP contribution in [0.4, 0.5) is 0 Å². The zero-order valence-electron chi connectivity index (χ0n) is 12.0. The van der Waals surface area contributed by atoms with E-state index in [0.29, 0.717) is 23.1 Å². The van der Waals surface area contributed by atoms with Gasteiger partial charge in [0.1, 0.15) is 6.10 Å². The number of hydrogen-bond acceptors (Lipinski definition) is 4. The van der Waals surface area contributed by atoms with Gasteiger partial charge in [-0.15, -0.1) is 0 Å². The van der Waals surface area contributed by atoms with E-state index in [1.807, 2.05) is 6.07 Å². The lowest BCUT2D eigenvalue weighted by molar-refractivity contribution is 0.0198. The Labute approximate surface area is 125 Å². The second kappa shape index (κ2) is 7.16. The van der Waals surface area contributed by atoms with Crippen LogP contribution in [0.25, 0.3) is 0 Å². The van der Waals surface area contributed by atoms with Crippen molar-refractivity contribution in [3.05, 3.63) is 22.7 Å². The van der Waals surface area contributed by atoms with Gasteiger partial charge in [-0.1, -0.05) is 11.6 Å². The first kappa shape index (κ1) is 15.4. The molecule has 1 saturated carbocycles. The molecule has 2 unspecified atom stereocenters. The van der Waals surface area contributed by atoms with E-state index in [9.17, 15) is 0 Å². The highest BCUT2D eigenvalue weighted by atomic mass is 35.5. The highest BCUT2D eigenvalue weighted by molar-refractivity contribution is 6.30. The van der Waals surface area contributed by atoms with Crippen LogP contribution in [0.2, 0.25) is 5.02 Å². The fraction of sp³-hybridized carbons (Fsp3) is 0.600. The van der Waals surface area contributed by atoms with E-state index in [0.717, 1.165) is 31.2 Å². The predicted octanol–water partition coefficient (Wildman–Crippen LogP) is 3.14. The average molecular weight is 300 g/mol. The molecule has 0 aromatic heterocycles. The van der Waals surface area contributed by atoms with Crippen LogP contribution in [0.15, 0.2) is 12.1 Å². The van der Waals surface area contributed by atoms with Crippen LogP contribution < -0.4 is 15.2 Å². The minimum Gasteiger partial charge on any atom is -0.493 e. The third-order valence-electron chi connectivity index (χ3n) is 3.73. The maximum absolute atomic E-state index is 6.14.